The fourth-order valence-electron chi connectivity index (χ4n) is 2.64. The van der Waals surface area contributed by atoms with Crippen molar-refractivity contribution in [2.75, 3.05) is 5.32 Å². The van der Waals surface area contributed by atoms with E-state index in [0.29, 0.717) is 28.8 Å². The monoisotopic (exact) mass is 395 g/mol. The second kappa shape index (κ2) is 7.35. The van der Waals surface area contributed by atoms with Crippen LogP contribution in [0.1, 0.15) is 47.4 Å². The molecule has 0 saturated heterocycles. The lowest BCUT2D eigenvalue weighted by molar-refractivity contribution is 0.102. The number of nitrogens with zero attached hydrogens (tertiary/aromatic N) is 4. The Morgan fingerprint density at radius 2 is 2.07 bits per heavy atom. The van der Waals surface area contributed by atoms with E-state index >= 15 is 0 Å². The van der Waals surface area contributed by atoms with Crippen LogP contribution in [0.5, 0.6) is 0 Å². The third-order valence-corrected chi connectivity index (χ3v) is 4.91. The Morgan fingerprint density at radius 3 is 2.79 bits per heavy atom. The first-order valence-corrected chi connectivity index (χ1v) is 9.57. The summed E-state index contributed by atoms with van der Waals surface area (Å²) < 4.78 is 6.56. The second-order valence-corrected chi connectivity index (χ2v) is 7.44. The number of carbonyl (C=O) groups excluding carboxylic acids is 1. The lowest BCUT2D eigenvalue weighted by atomic mass is 10.1. The molecule has 0 unspecified atom stereocenters. The molecule has 1 N–H and O–H groups in total. The first kappa shape index (κ1) is 18.1. The Morgan fingerprint density at radius 1 is 1.29 bits per heavy atom. The largest absolute Gasteiger partial charge is 0.339 e. The topological polar surface area (TPSA) is 102 Å². The van der Waals surface area contributed by atoms with E-state index in [2.05, 4.69) is 20.4 Å². The van der Waals surface area contributed by atoms with Crippen molar-refractivity contribution >= 4 is 27.9 Å². The van der Waals surface area contributed by atoms with E-state index in [1.165, 1.54) is 21.9 Å². The molecule has 0 aliphatic rings. The molecular weight excluding hydrogens is 378 g/mol. The molecule has 4 aromatic rings. The molecule has 0 atom stereocenters. The molecule has 1 aromatic carbocycles. The van der Waals surface area contributed by atoms with Crippen LogP contribution in [0.15, 0.2) is 51.4 Å². The van der Waals surface area contributed by atoms with Crippen molar-refractivity contribution in [3.8, 4) is 0 Å². The van der Waals surface area contributed by atoms with E-state index in [0.717, 1.165) is 5.56 Å². The van der Waals surface area contributed by atoms with Crippen LogP contribution < -0.4 is 10.9 Å². The summed E-state index contributed by atoms with van der Waals surface area (Å²) >= 11 is 1.33. The fraction of sp³-hybridized carbons (Fsp3) is 0.211. The SMILES string of the molecule is CC(C)c1nc(Cc2ccc(NC(=O)c3cnc4sccn4c3=O)cc2)no1. The summed E-state index contributed by atoms with van der Waals surface area (Å²) in [6.45, 7) is 3.98. The highest BCUT2D eigenvalue weighted by molar-refractivity contribution is 7.15. The molecule has 8 nitrogen and oxygen atoms in total. The molecule has 3 heterocycles. The maximum Gasteiger partial charge on any atom is 0.271 e. The highest BCUT2D eigenvalue weighted by atomic mass is 32.1. The summed E-state index contributed by atoms with van der Waals surface area (Å²) in [5.41, 5.74) is 1.17. The zero-order valence-electron chi connectivity index (χ0n) is 15.2. The molecule has 0 aliphatic heterocycles. The van der Waals surface area contributed by atoms with Gasteiger partial charge in [0.05, 0.1) is 0 Å². The average Bonchev–Trinajstić information content (AvgIpc) is 3.33. The number of aromatic nitrogens is 4. The van der Waals surface area contributed by atoms with Gasteiger partial charge in [-0.1, -0.05) is 31.1 Å². The number of nitrogens with one attached hydrogen (secondary N) is 1. The summed E-state index contributed by atoms with van der Waals surface area (Å²) in [6, 6.07) is 7.28. The van der Waals surface area contributed by atoms with Gasteiger partial charge in [-0.25, -0.2) is 4.98 Å². The third-order valence-electron chi connectivity index (χ3n) is 4.14. The van der Waals surface area contributed by atoms with Gasteiger partial charge in [-0.3, -0.25) is 14.0 Å². The van der Waals surface area contributed by atoms with Gasteiger partial charge in [0.1, 0.15) is 5.56 Å². The van der Waals surface area contributed by atoms with E-state index in [-0.39, 0.29) is 11.5 Å². The van der Waals surface area contributed by atoms with Gasteiger partial charge in [0, 0.05) is 35.8 Å². The van der Waals surface area contributed by atoms with E-state index in [4.69, 9.17) is 4.52 Å². The molecule has 28 heavy (non-hydrogen) atoms. The predicted octanol–water partition coefficient (Wildman–Crippen LogP) is 3.11. The normalized spacial score (nSPS) is 11.2. The van der Waals surface area contributed by atoms with Gasteiger partial charge in [0.2, 0.25) is 5.89 Å². The number of hydrogen-bond acceptors (Lipinski definition) is 7. The Balaban J connectivity index is 1.46. The zero-order valence-corrected chi connectivity index (χ0v) is 16.1. The van der Waals surface area contributed by atoms with Crippen LogP contribution in [0.2, 0.25) is 0 Å². The molecule has 9 heteroatoms. The first-order chi connectivity index (χ1) is 13.5. The van der Waals surface area contributed by atoms with Crippen LogP contribution in [0.25, 0.3) is 4.96 Å². The average molecular weight is 395 g/mol. The van der Waals surface area contributed by atoms with Crippen molar-refractivity contribution < 1.29 is 9.32 Å². The smallest absolute Gasteiger partial charge is 0.271 e. The lowest BCUT2D eigenvalue weighted by Crippen LogP contribution is -2.25. The van der Waals surface area contributed by atoms with Crippen molar-refractivity contribution in [3.05, 3.63) is 75.2 Å². The number of amides is 1. The van der Waals surface area contributed by atoms with E-state index in [1.54, 1.807) is 23.7 Å². The molecular formula is C19H17N5O3S. The maximum atomic E-state index is 12.4. The van der Waals surface area contributed by atoms with Gasteiger partial charge in [-0.2, -0.15) is 4.98 Å². The van der Waals surface area contributed by atoms with Crippen LogP contribution in [-0.4, -0.2) is 25.4 Å². The number of fused-ring (bicyclic) bond motifs is 1. The molecule has 4 rings (SSSR count). The van der Waals surface area contributed by atoms with Gasteiger partial charge in [-0.15, -0.1) is 11.3 Å². The van der Waals surface area contributed by atoms with Crippen molar-refractivity contribution in [3.63, 3.8) is 0 Å². The second-order valence-electron chi connectivity index (χ2n) is 6.56. The van der Waals surface area contributed by atoms with Crippen LogP contribution in [0, 0.1) is 0 Å². The molecule has 142 valence electrons. The van der Waals surface area contributed by atoms with E-state index in [1.807, 2.05) is 26.0 Å². The highest BCUT2D eigenvalue weighted by Crippen LogP contribution is 2.16. The fourth-order valence-corrected chi connectivity index (χ4v) is 3.32. The minimum absolute atomic E-state index is 0.00649. The number of rotatable bonds is 5. The summed E-state index contributed by atoms with van der Waals surface area (Å²) in [5, 5.41) is 8.45. The molecule has 0 aliphatic carbocycles. The molecule has 0 fully saturated rings. The van der Waals surface area contributed by atoms with E-state index < -0.39 is 11.5 Å². The zero-order chi connectivity index (χ0) is 19.7. The van der Waals surface area contributed by atoms with Crippen LogP contribution in [-0.2, 0) is 6.42 Å². The molecule has 0 spiro atoms. The minimum Gasteiger partial charge on any atom is -0.339 e. The van der Waals surface area contributed by atoms with Crippen molar-refractivity contribution in [1.82, 2.24) is 19.5 Å². The van der Waals surface area contributed by atoms with Crippen LogP contribution in [0.4, 0.5) is 5.69 Å². The predicted molar refractivity (Wildman–Crippen MR) is 105 cm³/mol. The Bertz CT molecular complexity index is 1190. The summed E-state index contributed by atoms with van der Waals surface area (Å²) in [4.78, 5) is 33.9. The van der Waals surface area contributed by atoms with E-state index in [9.17, 15) is 9.59 Å². The highest BCUT2D eigenvalue weighted by Gasteiger charge is 2.14. The molecule has 0 radical (unpaired) electrons. The molecule has 0 saturated carbocycles. The molecule has 3 aromatic heterocycles. The Labute approximate surface area is 163 Å². The quantitative estimate of drug-likeness (QED) is 0.557. The maximum absolute atomic E-state index is 12.4. The van der Waals surface area contributed by atoms with Crippen molar-refractivity contribution in [1.29, 1.82) is 0 Å². The van der Waals surface area contributed by atoms with Gasteiger partial charge in [0.25, 0.3) is 11.5 Å². The van der Waals surface area contributed by atoms with Crippen molar-refractivity contribution in [2.45, 2.75) is 26.2 Å². The van der Waals surface area contributed by atoms with Crippen LogP contribution >= 0.6 is 11.3 Å². The number of benzene rings is 1. The number of carbonyl (C=O) groups is 1. The summed E-state index contributed by atoms with van der Waals surface area (Å²) in [6.07, 6.45) is 3.44. The molecule has 0 bridgehead atoms. The summed E-state index contributed by atoms with van der Waals surface area (Å²) in [5.74, 6) is 0.918. The lowest BCUT2D eigenvalue weighted by Gasteiger charge is -2.06. The standard InChI is InChI=1S/C19H17N5O3S/c1-11(2)17-22-15(23-27-17)9-12-3-5-13(6-4-12)21-16(25)14-10-20-19-24(18(14)26)7-8-28-19/h3-8,10-11H,9H2,1-2H3,(H,21,25). The number of anilines is 1. The van der Waals surface area contributed by atoms with Gasteiger partial charge < -0.3 is 9.84 Å². The van der Waals surface area contributed by atoms with Gasteiger partial charge in [0.15, 0.2) is 10.8 Å². The Hall–Kier alpha value is -3.33. The van der Waals surface area contributed by atoms with Gasteiger partial charge in [-0.05, 0) is 17.7 Å². The number of thiazole rings is 1. The van der Waals surface area contributed by atoms with Crippen molar-refractivity contribution in [2.24, 2.45) is 0 Å². The van der Waals surface area contributed by atoms with Crippen LogP contribution in [0.3, 0.4) is 0 Å². The van der Waals surface area contributed by atoms with Gasteiger partial charge >= 0.3 is 0 Å². The minimum atomic E-state index is -0.495. The summed E-state index contributed by atoms with van der Waals surface area (Å²) in [7, 11) is 0. The Kier molecular flexibility index (Phi) is 4.74. The third kappa shape index (κ3) is 3.56. The number of hydrogen-bond donors (Lipinski definition) is 1. The first-order valence-electron chi connectivity index (χ1n) is 8.69. The molecule has 1 amide bonds.